The minimum Gasteiger partial charge on any atom is -0.459 e. The second-order valence-corrected chi connectivity index (χ2v) is 9.50. The zero-order chi connectivity index (χ0) is 19.0. The van der Waals surface area contributed by atoms with Gasteiger partial charge in [0.15, 0.2) is 0 Å². The molecule has 5 nitrogen and oxygen atoms in total. The summed E-state index contributed by atoms with van der Waals surface area (Å²) in [7, 11) is 2.10. The van der Waals surface area contributed by atoms with Gasteiger partial charge in [-0.25, -0.2) is 4.79 Å². The van der Waals surface area contributed by atoms with Crippen molar-refractivity contribution >= 4 is 28.6 Å². The van der Waals surface area contributed by atoms with E-state index >= 15 is 0 Å². The number of nitrogens with zero attached hydrogens (tertiary/aromatic N) is 1. The fourth-order valence-corrected chi connectivity index (χ4v) is 6.51. The van der Waals surface area contributed by atoms with Crippen molar-refractivity contribution in [1.29, 1.82) is 0 Å². The standard InChI is InChI=1S/C20H26N2O3S2/c1-22(9-8-21)15-12-13-6-7-14(15)18(13)25-19(23)20(24,16-4-2-10-26-16)17-5-3-11-27-17/h2-5,10-11,13-15,18,24H,6-9,12,21H2,1H3. The molecule has 2 saturated carbocycles. The SMILES string of the molecule is CN(CCN)C1CC2CCC1C2OC(=O)C(O)(c1cccs1)c1cccs1. The molecule has 27 heavy (non-hydrogen) atoms. The van der Waals surface area contributed by atoms with E-state index in [-0.39, 0.29) is 6.10 Å². The van der Waals surface area contributed by atoms with Crippen molar-refractivity contribution < 1.29 is 14.6 Å². The highest BCUT2D eigenvalue weighted by molar-refractivity contribution is 7.12. The van der Waals surface area contributed by atoms with Gasteiger partial charge in [0.25, 0.3) is 0 Å². The molecule has 0 aromatic carbocycles. The van der Waals surface area contributed by atoms with Crippen LogP contribution in [-0.2, 0) is 15.1 Å². The van der Waals surface area contributed by atoms with E-state index in [0.29, 0.717) is 34.2 Å². The van der Waals surface area contributed by atoms with Gasteiger partial charge in [-0.3, -0.25) is 0 Å². The van der Waals surface area contributed by atoms with Crippen molar-refractivity contribution in [3.05, 3.63) is 44.8 Å². The Labute approximate surface area is 167 Å². The molecule has 146 valence electrons. The maximum atomic E-state index is 13.2. The number of ether oxygens (including phenoxy) is 1. The third-order valence-corrected chi connectivity index (χ3v) is 8.10. The Morgan fingerprint density at radius 1 is 1.30 bits per heavy atom. The van der Waals surface area contributed by atoms with Crippen molar-refractivity contribution in [2.24, 2.45) is 17.6 Å². The Bertz CT molecular complexity index is 728. The zero-order valence-electron chi connectivity index (χ0n) is 15.4. The van der Waals surface area contributed by atoms with Gasteiger partial charge in [-0.2, -0.15) is 0 Å². The summed E-state index contributed by atoms with van der Waals surface area (Å²) in [6, 6.07) is 7.70. The summed E-state index contributed by atoms with van der Waals surface area (Å²) in [5.41, 5.74) is 4.00. The lowest BCUT2D eigenvalue weighted by atomic mass is 9.94. The highest BCUT2D eigenvalue weighted by Gasteiger charge is 2.54. The minimum absolute atomic E-state index is 0.117. The van der Waals surface area contributed by atoms with Crippen LogP contribution in [0.2, 0.25) is 0 Å². The molecule has 0 saturated heterocycles. The summed E-state index contributed by atoms with van der Waals surface area (Å²) in [5.74, 6) is 0.156. The van der Waals surface area contributed by atoms with Crippen LogP contribution in [0.15, 0.2) is 35.0 Å². The number of esters is 1. The third kappa shape index (κ3) is 3.25. The molecule has 4 unspecified atom stereocenters. The summed E-state index contributed by atoms with van der Waals surface area (Å²) in [4.78, 5) is 16.8. The first-order valence-electron chi connectivity index (χ1n) is 9.47. The van der Waals surface area contributed by atoms with Gasteiger partial charge >= 0.3 is 5.97 Å². The summed E-state index contributed by atoms with van der Waals surface area (Å²) in [5, 5.41) is 15.2. The second kappa shape index (κ2) is 7.64. The molecule has 0 radical (unpaired) electrons. The van der Waals surface area contributed by atoms with E-state index in [0.717, 1.165) is 25.8 Å². The number of thiophene rings is 2. The molecule has 2 bridgehead atoms. The molecule has 3 N–H and O–H groups in total. The van der Waals surface area contributed by atoms with Gasteiger partial charge in [0.2, 0.25) is 5.60 Å². The number of hydrogen-bond donors (Lipinski definition) is 2. The lowest BCUT2D eigenvalue weighted by Gasteiger charge is -2.31. The summed E-state index contributed by atoms with van der Waals surface area (Å²) in [6.45, 7) is 1.48. The minimum atomic E-state index is -1.72. The molecule has 2 aliphatic rings. The van der Waals surface area contributed by atoms with Crippen LogP contribution in [0.5, 0.6) is 0 Å². The molecule has 4 rings (SSSR count). The summed E-state index contributed by atoms with van der Waals surface area (Å²) >= 11 is 2.75. The van der Waals surface area contributed by atoms with Crippen LogP contribution in [0.4, 0.5) is 0 Å². The topological polar surface area (TPSA) is 75.8 Å². The Kier molecular flexibility index (Phi) is 5.40. The highest BCUT2D eigenvalue weighted by Crippen LogP contribution is 2.49. The van der Waals surface area contributed by atoms with E-state index in [1.54, 1.807) is 12.1 Å². The number of rotatable bonds is 7. The quantitative estimate of drug-likeness (QED) is 0.692. The molecule has 2 aliphatic carbocycles. The van der Waals surface area contributed by atoms with Gasteiger partial charge in [0.1, 0.15) is 6.10 Å². The van der Waals surface area contributed by atoms with Crippen LogP contribution in [0.25, 0.3) is 0 Å². The smallest absolute Gasteiger partial charge is 0.349 e. The number of fused-ring (bicyclic) bond motifs is 2. The maximum absolute atomic E-state index is 13.2. The molecule has 2 fully saturated rings. The van der Waals surface area contributed by atoms with E-state index in [1.807, 2.05) is 22.9 Å². The van der Waals surface area contributed by atoms with Gasteiger partial charge in [-0.1, -0.05) is 12.1 Å². The normalized spacial score (nSPS) is 27.4. The average Bonchev–Trinajstić information content (AvgIpc) is 3.45. The molecule has 0 amide bonds. The van der Waals surface area contributed by atoms with E-state index in [4.69, 9.17) is 10.5 Å². The van der Waals surface area contributed by atoms with E-state index in [2.05, 4.69) is 11.9 Å². The molecule has 7 heteroatoms. The predicted molar refractivity (Wildman–Crippen MR) is 108 cm³/mol. The van der Waals surface area contributed by atoms with Crippen molar-refractivity contribution in [2.45, 2.75) is 37.0 Å². The predicted octanol–water partition coefficient (Wildman–Crippen LogP) is 2.65. The van der Waals surface area contributed by atoms with Gasteiger partial charge < -0.3 is 20.5 Å². The van der Waals surface area contributed by atoms with Crippen molar-refractivity contribution in [3.8, 4) is 0 Å². The average molecular weight is 407 g/mol. The van der Waals surface area contributed by atoms with Crippen LogP contribution in [0, 0.1) is 11.8 Å². The monoisotopic (exact) mass is 406 g/mol. The van der Waals surface area contributed by atoms with Gasteiger partial charge in [-0.15, -0.1) is 22.7 Å². The van der Waals surface area contributed by atoms with Gasteiger partial charge in [-0.05, 0) is 55.1 Å². The molecule has 0 spiro atoms. The molecular formula is C20H26N2O3S2. The van der Waals surface area contributed by atoms with E-state index in [1.165, 1.54) is 22.7 Å². The fourth-order valence-electron chi connectivity index (χ4n) is 4.79. The number of hydrogen-bond acceptors (Lipinski definition) is 7. The molecule has 2 heterocycles. The summed E-state index contributed by atoms with van der Waals surface area (Å²) in [6.07, 6.45) is 3.08. The number of likely N-dealkylation sites (N-methyl/N-ethyl adjacent to an activating group) is 1. The lowest BCUT2D eigenvalue weighted by Crippen LogP contribution is -2.42. The molecule has 2 aromatic heterocycles. The van der Waals surface area contributed by atoms with Crippen LogP contribution >= 0.6 is 22.7 Å². The number of carbonyl (C=O) groups excluding carboxylic acids is 1. The highest BCUT2D eigenvalue weighted by atomic mass is 32.1. The lowest BCUT2D eigenvalue weighted by molar-refractivity contribution is -0.170. The first kappa shape index (κ1) is 19.1. The fraction of sp³-hybridized carbons (Fsp3) is 0.550. The number of aliphatic hydroxyl groups is 1. The van der Waals surface area contributed by atoms with Gasteiger partial charge in [0, 0.05) is 25.0 Å². The molecule has 4 atom stereocenters. The van der Waals surface area contributed by atoms with Crippen molar-refractivity contribution in [2.75, 3.05) is 20.1 Å². The van der Waals surface area contributed by atoms with Crippen LogP contribution in [0.1, 0.15) is 29.0 Å². The van der Waals surface area contributed by atoms with Crippen LogP contribution < -0.4 is 5.73 Å². The van der Waals surface area contributed by atoms with E-state index < -0.39 is 11.6 Å². The molecule has 0 aliphatic heterocycles. The molecule has 2 aromatic rings. The Hall–Kier alpha value is -1.25. The second-order valence-electron chi connectivity index (χ2n) is 7.61. The number of carbonyl (C=O) groups is 1. The Morgan fingerprint density at radius 3 is 2.52 bits per heavy atom. The Morgan fingerprint density at radius 2 is 1.96 bits per heavy atom. The first-order valence-corrected chi connectivity index (χ1v) is 11.2. The van der Waals surface area contributed by atoms with Crippen molar-refractivity contribution in [3.63, 3.8) is 0 Å². The van der Waals surface area contributed by atoms with E-state index in [9.17, 15) is 9.90 Å². The third-order valence-electron chi connectivity index (χ3n) is 6.14. The van der Waals surface area contributed by atoms with Gasteiger partial charge in [0.05, 0.1) is 9.75 Å². The largest absolute Gasteiger partial charge is 0.459 e. The molecular weight excluding hydrogens is 380 g/mol. The zero-order valence-corrected chi connectivity index (χ0v) is 17.0. The van der Waals surface area contributed by atoms with Crippen LogP contribution in [-0.4, -0.2) is 48.3 Å². The van der Waals surface area contributed by atoms with Crippen molar-refractivity contribution in [1.82, 2.24) is 4.90 Å². The Balaban J connectivity index is 1.56. The number of nitrogens with two attached hydrogens (primary N) is 1. The first-order chi connectivity index (χ1) is 13.1. The maximum Gasteiger partial charge on any atom is 0.349 e. The summed E-state index contributed by atoms with van der Waals surface area (Å²) < 4.78 is 6.04. The van der Waals surface area contributed by atoms with Crippen LogP contribution in [0.3, 0.4) is 0 Å².